The van der Waals surface area contributed by atoms with Crippen LogP contribution in [0.15, 0.2) is 0 Å². The normalized spacial score (nSPS) is 18.2. The second-order valence-electron chi connectivity index (χ2n) is 6.01. The average molecular weight is 223 g/mol. The highest BCUT2D eigenvalue weighted by Crippen LogP contribution is 2.29. The maximum atomic E-state index is 2.33. The van der Waals surface area contributed by atoms with Crippen molar-refractivity contribution in [2.24, 2.45) is 5.92 Å². The Balaban J connectivity index is 1.80. The number of hydrogen-bond donors (Lipinski definition) is 0. The van der Waals surface area contributed by atoms with Crippen LogP contribution in [0.4, 0.5) is 0 Å². The number of rotatable bonds is 8. The third kappa shape index (κ3) is 7.30. The van der Waals surface area contributed by atoms with E-state index < -0.39 is 0 Å². The minimum Gasteiger partial charge on any atom is -0.0628 e. The van der Waals surface area contributed by atoms with Gasteiger partial charge < -0.3 is 0 Å². The predicted molar refractivity (Wildman–Crippen MR) is 73.5 cm³/mol. The van der Waals surface area contributed by atoms with Crippen LogP contribution in [-0.2, 0) is 0 Å². The summed E-state index contributed by atoms with van der Waals surface area (Å²) in [6, 6.07) is 0. The van der Waals surface area contributed by atoms with Crippen molar-refractivity contribution in [3.8, 4) is 0 Å². The SMILES string of the molecule is CC(C)CCCCCCC[C]1CCCCC1. The van der Waals surface area contributed by atoms with Crippen LogP contribution in [0, 0.1) is 11.8 Å². The lowest BCUT2D eigenvalue weighted by Crippen LogP contribution is -2.03. The highest BCUT2D eigenvalue weighted by atomic mass is 14.2. The highest BCUT2D eigenvalue weighted by molar-refractivity contribution is 4.91. The summed E-state index contributed by atoms with van der Waals surface area (Å²) in [5.41, 5.74) is 0. The summed E-state index contributed by atoms with van der Waals surface area (Å²) in [6.45, 7) is 4.67. The van der Waals surface area contributed by atoms with Crippen molar-refractivity contribution in [2.45, 2.75) is 90.9 Å². The van der Waals surface area contributed by atoms with Crippen molar-refractivity contribution in [2.75, 3.05) is 0 Å². The third-order valence-corrected chi connectivity index (χ3v) is 3.87. The van der Waals surface area contributed by atoms with Gasteiger partial charge in [-0.15, -0.1) is 0 Å². The molecule has 1 rings (SSSR count). The van der Waals surface area contributed by atoms with Crippen LogP contribution in [-0.4, -0.2) is 0 Å². The molecule has 0 aromatic heterocycles. The smallest absolute Gasteiger partial charge is 0.0241 e. The van der Waals surface area contributed by atoms with E-state index in [0.717, 1.165) is 5.92 Å². The molecule has 1 saturated carbocycles. The largest absolute Gasteiger partial charge is 0.0628 e. The van der Waals surface area contributed by atoms with Gasteiger partial charge in [0.15, 0.2) is 0 Å². The van der Waals surface area contributed by atoms with E-state index >= 15 is 0 Å². The Hall–Kier alpha value is 0. The fourth-order valence-electron chi connectivity index (χ4n) is 2.76. The Bertz CT molecular complexity index is 142. The lowest BCUT2D eigenvalue weighted by molar-refractivity contribution is 0.478. The molecule has 1 aliphatic carbocycles. The van der Waals surface area contributed by atoms with Crippen molar-refractivity contribution in [1.29, 1.82) is 0 Å². The van der Waals surface area contributed by atoms with Gasteiger partial charge in [-0.2, -0.15) is 0 Å². The monoisotopic (exact) mass is 223 g/mol. The molecule has 0 amide bonds. The summed E-state index contributed by atoms with van der Waals surface area (Å²) < 4.78 is 0. The Kier molecular flexibility index (Phi) is 7.98. The second-order valence-corrected chi connectivity index (χ2v) is 6.01. The van der Waals surface area contributed by atoms with E-state index in [-0.39, 0.29) is 0 Å². The second kappa shape index (κ2) is 9.07. The zero-order chi connectivity index (χ0) is 11.6. The molecule has 95 valence electrons. The molecule has 0 atom stereocenters. The summed E-state index contributed by atoms with van der Waals surface area (Å²) in [5.74, 6) is 2.78. The maximum Gasteiger partial charge on any atom is -0.0241 e. The molecule has 1 aliphatic rings. The van der Waals surface area contributed by atoms with Crippen molar-refractivity contribution >= 4 is 0 Å². The minimum atomic E-state index is 0.901. The first-order chi connectivity index (χ1) is 7.79. The molecule has 0 unspecified atom stereocenters. The van der Waals surface area contributed by atoms with Gasteiger partial charge in [0.25, 0.3) is 0 Å². The van der Waals surface area contributed by atoms with Crippen LogP contribution in [0.25, 0.3) is 0 Å². The Morgan fingerprint density at radius 1 is 0.812 bits per heavy atom. The minimum absolute atomic E-state index is 0.901. The topological polar surface area (TPSA) is 0 Å². The predicted octanol–water partition coefficient (Wildman–Crippen LogP) is 5.91. The van der Waals surface area contributed by atoms with E-state index in [0.29, 0.717) is 0 Å². The van der Waals surface area contributed by atoms with Crippen LogP contribution in [0.2, 0.25) is 0 Å². The molecular formula is C16H31. The Morgan fingerprint density at radius 2 is 1.44 bits per heavy atom. The highest BCUT2D eigenvalue weighted by Gasteiger charge is 2.12. The van der Waals surface area contributed by atoms with Gasteiger partial charge in [-0.3, -0.25) is 0 Å². The van der Waals surface area contributed by atoms with Gasteiger partial charge in [0.1, 0.15) is 0 Å². The molecular weight excluding hydrogens is 192 g/mol. The van der Waals surface area contributed by atoms with E-state index in [1.807, 2.05) is 5.92 Å². The maximum absolute atomic E-state index is 2.33. The molecule has 0 aliphatic heterocycles. The fraction of sp³-hybridized carbons (Fsp3) is 0.938. The number of unbranched alkanes of at least 4 members (excludes halogenated alkanes) is 4. The first kappa shape index (κ1) is 14.1. The quantitative estimate of drug-likeness (QED) is 0.449. The molecule has 0 heteroatoms. The fourth-order valence-corrected chi connectivity index (χ4v) is 2.76. The van der Waals surface area contributed by atoms with Crippen molar-refractivity contribution in [1.82, 2.24) is 0 Å². The van der Waals surface area contributed by atoms with Crippen molar-refractivity contribution in [3.05, 3.63) is 5.92 Å². The summed E-state index contributed by atoms with van der Waals surface area (Å²) in [5, 5.41) is 0. The van der Waals surface area contributed by atoms with Gasteiger partial charge in [0, 0.05) is 0 Å². The Labute approximate surface area is 103 Å². The van der Waals surface area contributed by atoms with Crippen molar-refractivity contribution in [3.63, 3.8) is 0 Å². The van der Waals surface area contributed by atoms with Gasteiger partial charge in [-0.05, 0) is 31.1 Å². The van der Waals surface area contributed by atoms with Crippen molar-refractivity contribution < 1.29 is 0 Å². The van der Waals surface area contributed by atoms with Crippen LogP contribution in [0.3, 0.4) is 0 Å². The zero-order valence-corrected chi connectivity index (χ0v) is 11.6. The van der Waals surface area contributed by atoms with E-state index in [1.165, 1.54) is 77.0 Å². The van der Waals surface area contributed by atoms with Crippen LogP contribution in [0.5, 0.6) is 0 Å². The van der Waals surface area contributed by atoms with Crippen LogP contribution in [0.1, 0.15) is 90.9 Å². The van der Waals surface area contributed by atoms with E-state index in [2.05, 4.69) is 13.8 Å². The first-order valence-corrected chi connectivity index (χ1v) is 7.62. The van der Waals surface area contributed by atoms with Crippen LogP contribution < -0.4 is 0 Å². The Morgan fingerprint density at radius 3 is 2.12 bits per heavy atom. The molecule has 0 aromatic rings. The lowest BCUT2D eigenvalue weighted by Gasteiger charge is -2.20. The van der Waals surface area contributed by atoms with Gasteiger partial charge in [0.2, 0.25) is 0 Å². The summed E-state index contributed by atoms with van der Waals surface area (Å²) >= 11 is 0. The lowest BCUT2D eigenvalue weighted by atomic mass is 9.85. The molecule has 0 aromatic carbocycles. The zero-order valence-electron chi connectivity index (χ0n) is 11.6. The molecule has 1 radical (unpaired) electrons. The van der Waals surface area contributed by atoms with Gasteiger partial charge in [0.05, 0.1) is 0 Å². The first-order valence-electron chi connectivity index (χ1n) is 7.62. The molecule has 0 heterocycles. The third-order valence-electron chi connectivity index (χ3n) is 3.87. The summed E-state index contributed by atoms with van der Waals surface area (Å²) in [7, 11) is 0. The number of hydrogen-bond acceptors (Lipinski definition) is 0. The van der Waals surface area contributed by atoms with E-state index in [4.69, 9.17) is 0 Å². The van der Waals surface area contributed by atoms with Crippen LogP contribution >= 0.6 is 0 Å². The average Bonchev–Trinajstić information content (AvgIpc) is 2.29. The van der Waals surface area contributed by atoms with Gasteiger partial charge >= 0.3 is 0 Å². The van der Waals surface area contributed by atoms with E-state index in [1.54, 1.807) is 0 Å². The molecule has 0 spiro atoms. The summed E-state index contributed by atoms with van der Waals surface area (Å²) in [6.07, 6.45) is 17.6. The van der Waals surface area contributed by atoms with Gasteiger partial charge in [-0.1, -0.05) is 71.6 Å². The molecule has 0 saturated heterocycles. The van der Waals surface area contributed by atoms with Gasteiger partial charge in [-0.25, -0.2) is 0 Å². The molecule has 0 nitrogen and oxygen atoms in total. The standard InChI is InChI=1S/C16H31/c1-15(2)11-7-4-3-5-8-12-16-13-9-6-10-14-16/h15H,3-14H2,1-2H3. The van der Waals surface area contributed by atoms with E-state index in [9.17, 15) is 0 Å². The molecule has 0 N–H and O–H groups in total. The molecule has 1 fully saturated rings. The molecule has 16 heavy (non-hydrogen) atoms. The molecule has 0 bridgehead atoms. The summed E-state index contributed by atoms with van der Waals surface area (Å²) in [4.78, 5) is 0.